The van der Waals surface area contributed by atoms with Crippen LogP contribution in [0.2, 0.25) is 0 Å². The van der Waals surface area contributed by atoms with Gasteiger partial charge in [-0.25, -0.2) is 13.2 Å². The summed E-state index contributed by atoms with van der Waals surface area (Å²) in [6.45, 7) is 5.55. The Kier molecular flexibility index (Phi) is 6.37. The number of benzene rings is 1. The van der Waals surface area contributed by atoms with E-state index in [1.807, 2.05) is 7.05 Å². The minimum absolute atomic E-state index is 0.193. The fourth-order valence-corrected chi connectivity index (χ4v) is 4.86. The number of aryl methyl sites for hydroxylation is 1. The van der Waals surface area contributed by atoms with Gasteiger partial charge in [-0.2, -0.15) is 4.31 Å². The molecule has 1 unspecified atom stereocenters. The maximum atomic E-state index is 13.0. The molecule has 7 heteroatoms. The normalized spacial score (nSPS) is 19.2. The van der Waals surface area contributed by atoms with E-state index in [1.54, 1.807) is 26.0 Å². The van der Waals surface area contributed by atoms with Crippen molar-refractivity contribution in [2.24, 2.45) is 5.92 Å². The van der Waals surface area contributed by atoms with E-state index < -0.39 is 16.0 Å². The molecule has 0 saturated carbocycles. The first-order valence-electron chi connectivity index (χ1n) is 8.32. The highest BCUT2D eigenvalue weighted by atomic mass is 32.2. The maximum absolute atomic E-state index is 13.0. The van der Waals surface area contributed by atoms with Crippen molar-refractivity contribution >= 4 is 16.0 Å². The zero-order chi connectivity index (χ0) is 17.7. The second kappa shape index (κ2) is 8.09. The van der Waals surface area contributed by atoms with Crippen molar-refractivity contribution in [3.8, 4) is 0 Å². The van der Waals surface area contributed by atoms with Gasteiger partial charge in [0.2, 0.25) is 10.0 Å². The number of sulfonamides is 1. The van der Waals surface area contributed by atoms with E-state index >= 15 is 0 Å². The Morgan fingerprint density at radius 1 is 1.42 bits per heavy atom. The van der Waals surface area contributed by atoms with Crippen molar-refractivity contribution in [1.29, 1.82) is 0 Å². The summed E-state index contributed by atoms with van der Waals surface area (Å²) in [7, 11) is -1.74. The Morgan fingerprint density at radius 2 is 2.17 bits per heavy atom. The van der Waals surface area contributed by atoms with Gasteiger partial charge < -0.3 is 10.1 Å². The van der Waals surface area contributed by atoms with Crippen LogP contribution in [0, 0.1) is 12.8 Å². The largest absolute Gasteiger partial charge is 0.462 e. The van der Waals surface area contributed by atoms with Crippen LogP contribution in [-0.2, 0) is 14.8 Å². The molecule has 1 aliphatic heterocycles. The summed E-state index contributed by atoms with van der Waals surface area (Å²) in [5, 5.41) is 3.12. The molecule has 1 aromatic rings. The first-order chi connectivity index (χ1) is 11.4. The lowest BCUT2D eigenvalue weighted by molar-refractivity contribution is 0.0526. The van der Waals surface area contributed by atoms with Crippen LogP contribution in [0.4, 0.5) is 0 Å². The van der Waals surface area contributed by atoms with Crippen molar-refractivity contribution in [3.05, 3.63) is 29.3 Å². The topological polar surface area (TPSA) is 75.7 Å². The molecule has 1 N–H and O–H groups in total. The summed E-state index contributed by atoms with van der Waals surface area (Å²) in [6.07, 6.45) is 1.87. The Labute approximate surface area is 144 Å². The Hall–Kier alpha value is -1.44. The van der Waals surface area contributed by atoms with Crippen LogP contribution < -0.4 is 5.32 Å². The highest BCUT2D eigenvalue weighted by molar-refractivity contribution is 7.89. The molecule has 1 aliphatic rings. The van der Waals surface area contributed by atoms with Gasteiger partial charge in [-0.15, -0.1) is 0 Å². The molecule has 1 fully saturated rings. The molecule has 0 aromatic heterocycles. The summed E-state index contributed by atoms with van der Waals surface area (Å²) < 4.78 is 32.6. The van der Waals surface area contributed by atoms with E-state index in [9.17, 15) is 13.2 Å². The van der Waals surface area contributed by atoms with Gasteiger partial charge in [-0.3, -0.25) is 0 Å². The molecule has 0 amide bonds. The molecule has 24 heavy (non-hydrogen) atoms. The molecule has 2 rings (SSSR count). The second-order valence-electron chi connectivity index (χ2n) is 6.13. The summed E-state index contributed by atoms with van der Waals surface area (Å²) in [4.78, 5) is 12.1. The molecule has 0 spiro atoms. The number of hydrogen-bond acceptors (Lipinski definition) is 5. The number of nitrogens with zero attached hydrogens (tertiary/aromatic N) is 1. The molecular weight excluding hydrogens is 328 g/mol. The number of carbonyl (C=O) groups is 1. The van der Waals surface area contributed by atoms with Gasteiger partial charge in [-0.05, 0) is 63.9 Å². The van der Waals surface area contributed by atoms with Gasteiger partial charge in [0.15, 0.2) is 0 Å². The Morgan fingerprint density at radius 3 is 2.83 bits per heavy atom. The highest BCUT2D eigenvalue weighted by Crippen LogP contribution is 2.26. The molecule has 0 radical (unpaired) electrons. The SMILES string of the molecule is CCOC(=O)c1ccc(C)c(S(=O)(=O)N2CCCC(CNC)C2)c1. The van der Waals surface area contributed by atoms with Crippen LogP contribution in [0.5, 0.6) is 0 Å². The number of piperidine rings is 1. The first kappa shape index (κ1) is 18.9. The Balaban J connectivity index is 2.31. The van der Waals surface area contributed by atoms with E-state index in [-0.39, 0.29) is 17.1 Å². The Bertz CT molecular complexity index is 686. The van der Waals surface area contributed by atoms with E-state index in [2.05, 4.69) is 5.32 Å². The number of rotatable bonds is 6. The van der Waals surface area contributed by atoms with E-state index in [1.165, 1.54) is 10.4 Å². The first-order valence-corrected chi connectivity index (χ1v) is 9.76. The molecule has 1 saturated heterocycles. The fourth-order valence-electron chi connectivity index (χ4n) is 3.06. The summed E-state index contributed by atoms with van der Waals surface area (Å²) >= 11 is 0. The van der Waals surface area contributed by atoms with Crippen molar-refractivity contribution < 1.29 is 17.9 Å². The van der Waals surface area contributed by atoms with Gasteiger partial charge in [0.1, 0.15) is 0 Å². The third-order valence-corrected chi connectivity index (χ3v) is 6.30. The van der Waals surface area contributed by atoms with Crippen LogP contribution >= 0.6 is 0 Å². The van der Waals surface area contributed by atoms with Gasteiger partial charge in [0.05, 0.1) is 17.1 Å². The monoisotopic (exact) mass is 354 g/mol. The molecule has 134 valence electrons. The third-order valence-electron chi connectivity index (χ3n) is 4.29. The van der Waals surface area contributed by atoms with Crippen molar-refractivity contribution in [2.45, 2.75) is 31.6 Å². The molecule has 1 atom stereocenters. The minimum Gasteiger partial charge on any atom is -0.462 e. The molecule has 1 heterocycles. The minimum atomic E-state index is -3.62. The van der Waals surface area contributed by atoms with E-state index in [0.717, 1.165) is 19.4 Å². The van der Waals surface area contributed by atoms with Crippen LogP contribution in [-0.4, -0.2) is 52.0 Å². The molecule has 0 aliphatic carbocycles. The summed E-state index contributed by atoms with van der Waals surface area (Å²) in [6, 6.07) is 4.70. The van der Waals surface area contributed by atoms with Gasteiger partial charge in [0.25, 0.3) is 0 Å². The number of ether oxygens (including phenoxy) is 1. The van der Waals surface area contributed by atoms with Crippen LogP contribution in [0.3, 0.4) is 0 Å². The summed E-state index contributed by atoms with van der Waals surface area (Å²) in [5.41, 5.74) is 0.906. The molecule has 1 aromatic carbocycles. The lowest BCUT2D eigenvalue weighted by atomic mass is 10.00. The van der Waals surface area contributed by atoms with Gasteiger partial charge >= 0.3 is 5.97 Å². The smallest absolute Gasteiger partial charge is 0.338 e. The average Bonchev–Trinajstić information content (AvgIpc) is 2.56. The van der Waals surface area contributed by atoms with E-state index in [0.29, 0.717) is 24.6 Å². The quantitative estimate of drug-likeness (QED) is 0.788. The van der Waals surface area contributed by atoms with Crippen LogP contribution in [0.25, 0.3) is 0 Å². The van der Waals surface area contributed by atoms with Crippen molar-refractivity contribution in [2.75, 3.05) is 33.3 Å². The number of carbonyl (C=O) groups excluding carboxylic acids is 1. The number of nitrogens with one attached hydrogen (secondary N) is 1. The van der Waals surface area contributed by atoms with E-state index in [4.69, 9.17) is 4.74 Å². The highest BCUT2D eigenvalue weighted by Gasteiger charge is 2.31. The molecule has 0 bridgehead atoms. The lowest BCUT2D eigenvalue weighted by Crippen LogP contribution is -2.42. The second-order valence-corrected chi connectivity index (χ2v) is 8.04. The van der Waals surface area contributed by atoms with Crippen LogP contribution in [0.15, 0.2) is 23.1 Å². The zero-order valence-electron chi connectivity index (χ0n) is 14.5. The number of hydrogen-bond donors (Lipinski definition) is 1. The third kappa shape index (κ3) is 4.15. The predicted octanol–water partition coefficient (Wildman–Crippen LogP) is 1.79. The average molecular weight is 354 g/mol. The van der Waals surface area contributed by atoms with Gasteiger partial charge in [-0.1, -0.05) is 6.07 Å². The zero-order valence-corrected chi connectivity index (χ0v) is 15.4. The van der Waals surface area contributed by atoms with Crippen molar-refractivity contribution in [3.63, 3.8) is 0 Å². The standard InChI is InChI=1S/C17H26N2O4S/c1-4-23-17(20)15-8-7-13(2)16(10-15)24(21,22)19-9-5-6-14(12-19)11-18-3/h7-8,10,14,18H,4-6,9,11-12H2,1-3H3. The molecule has 6 nitrogen and oxygen atoms in total. The van der Waals surface area contributed by atoms with Gasteiger partial charge in [0, 0.05) is 13.1 Å². The van der Waals surface area contributed by atoms with Crippen LogP contribution in [0.1, 0.15) is 35.7 Å². The lowest BCUT2D eigenvalue weighted by Gasteiger charge is -2.32. The number of esters is 1. The maximum Gasteiger partial charge on any atom is 0.338 e. The predicted molar refractivity (Wildman–Crippen MR) is 92.5 cm³/mol. The fraction of sp³-hybridized carbons (Fsp3) is 0.588. The molecular formula is C17H26N2O4S. The van der Waals surface area contributed by atoms with Crippen molar-refractivity contribution in [1.82, 2.24) is 9.62 Å². The summed E-state index contributed by atoms with van der Waals surface area (Å²) in [5.74, 6) is -0.187.